The first kappa shape index (κ1) is 14.6. The summed E-state index contributed by atoms with van der Waals surface area (Å²) in [5.74, 6) is 0.959. The average Bonchev–Trinajstić information content (AvgIpc) is 2.92. The van der Waals surface area contributed by atoms with E-state index in [1.165, 1.54) is 19.3 Å². The molecule has 1 aromatic heterocycles. The van der Waals surface area contributed by atoms with Gasteiger partial charge in [0, 0.05) is 25.3 Å². The van der Waals surface area contributed by atoms with Crippen LogP contribution in [0.5, 0.6) is 0 Å². The lowest BCUT2D eigenvalue weighted by atomic mass is 9.92. The summed E-state index contributed by atoms with van der Waals surface area (Å²) >= 11 is 0. The molecule has 2 heterocycles. The lowest BCUT2D eigenvalue weighted by Gasteiger charge is -2.34. The van der Waals surface area contributed by atoms with E-state index in [9.17, 15) is 4.79 Å². The van der Waals surface area contributed by atoms with Crippen molar-refractivity contribution < 1.29 is 4.79 Å². The highest BCUT2D eigenvalue weighted by Crippen LogP contribution is 2.33. The zero-order valence-corrected chi connectivity index (χ0v) is 13.1. The van der Waals surface area contributed by atoms with E-state index in [0.717, 1.165) is 50.6 Å². The molecule has 1 saturated heterocycles. The maximum atomic E-state index is 12.7. The van der Waals surface area contributed by atoms with Crippen LogP contribution in [0.4, 0.5) is 0 Å². The number of nitrogens with one attached hydrogen (secondary N) is 1. The first-order valence-corrected chi connectivity index (χ1v) is 8.46. The van der Waals surface area contributed by atoms with Crippen LogP contribution in [0, 0.1) is 5.92 Å². The molecule has 1 N–H and O–H groups in total. The quantitative estimate of drug-likeness (QED) is 0.905. The third-order valence-corrected chi connectivity index (χ3v) is 5.05. The standard InChI is InChI=1S/C17H27N3O/c1-2-18-13-14-8-11-19(12-9-14)17(21)16-7-4-10-20(16)15-5-3-6-15/h4,7,10,14-15,18H,2-3,5-6,8-9,11-13H2,1H3. The van der Waals surface area contributed by atoms with E-state index >= 15 is 0 Å². The van der Waals surface area contributed by atoms with Gasteiger partial charge in [0.05, 0.1) is 0 Å². The third-order valence-electron chi connectivity index (χ3n) is 5.05. The Bertz CT molecular complexity index is 470. The number of carbonyl (C=O) groups is 1. The molecule has 0 radical (unpaired) electrons. The summed E-state index contributed by atoms with van der Waals surface area (Å²) in [7, 11) is 0. The van der Waals surface area contributed by atoms with Gasteiger partial charge in [-0.2, -0.15) is 0 Å². The number of amides is 1. The smallest absolute Gasteiger partial charge is 0.270 e. The SMILES string of the molecule is CCNCC1CCN(C(=O)c2cccn2C2CCC2)CC1. The Morgan fingerprint density at radius 3 is 2.67 bits per heavy atom. The van der Waals surface area contributed by atoms with Crippen molar-refractivity contribution in [1.29, 1.82) is 0 Å². The number of hydrogen-bond donors (Lipinski definition) is 1. The maximum Gasteiger partial charge on any atom is 0.270 e. The Balaban J connectivity index is 1.58. The molecule has 2 fully saturated rings. The number of aromatic nitrogens is 1. The second kappa shape index (κ2) is 6.65. The highest BCUT2D eigenvalue weighted by atomic mass is 16.2. The number of hydrogen-bond acceptors (Lipinski definition) is 2. The molecule has 0 unspecified atom stereocenters. The Morgan fingerprint density at radius 2 is 2.05 bits per heavy atom. The topological polar surface area (TPSA) is 37.3 Å². The molecule has 116 valence electrons. The van der Waals surface area contributed by atoms with Crippen molar-refractivity contribution in [3.8, 4) is 0 Å². The molecule has 0 spiro atoms. The molecule has 0 atom stereocenters. The van der Waals surface area contributed by atoms with Gasteiger partial charge < -0.3 is 14.8 Å². The van der Waals surface area contributed by atoms with E-state index in [-0.39, 0.29) is 5.91 Å². The normalized spacial score (nSPS) is 20.5. The molecular formula is C17H27N3O. The fourth-order valence-electron chi connectivity index (χ4n) is 3.41. The Morgan fingerprint density at radius 1 is 1.29 bits per heavy atom. The molecular weight excluding hydrogens is 262 g/mol. The van der Waals surface area contributed by atoms with Gasteiger partial charge in [-0.25, -0.2) is 0 Å². The molecule has 0 bridgehead atoms. The number of carbonyl (C=O) groups excluding carboxylic acids is 1. The zero-order chi connectivity index (χ0) is 14.7. The Labute approximate surface area is 127 Å². The van der Waals surface area contributed by atoms with Gasteiger partial charge in [-0.1, -0.05) is 6.92 Å². The van der Waals surface area contributed by atoms with Crippen molar-refractivity contribution in [2.24, 2.45) is 5.92 Å². The van der Waals surface area contributed by atoms with Gasteiger partial charge in [0.1, 0.15) is 5.69 Å². The van der Waals surface area contributed by atoms with E-state index in [0.29, 0.717) is 6.04 Å². The lowest BCUT2D eigenvalue weighted by molar-refractivity contribution is 0.0673. The summed E-state index contributed by atoms with van der Waals surface area (Å²) in [5.41, 5.74) is 0.893. The minimum atomic E-state index is 0.230. The van der Waals surface area contributed by atoms with E-state index < -0.39 is 0 Å². The molecule has 0 aromatic carbocycles. The molecule has 1 aliphatic carbocycles. The van der Waals surface area contributed by atoms with Gasteiger partial charge in [-0.15, -0.1) is 0 Å². The molecule has 1 amide bonds. The Kier molecular flexibility index (Phi) is 4.63. The van der Waals surface area contributed by atoms with E-state index in [1.807, 2.05) is 17.0 Å². The predicted octanol–water partition coefficient (Wildman–Crippen LogP) is 2.67. The summed E-state index contributed by atoms with van der Waals surface area (Å²) in [6.07, 6.45) is 8.08. The van der Waals surface area contributed by atoms with E-state index in [2.05, 4.69) is 23.0 Å². The van der Waals surface area contributed by atoms with Crippen LogP contribution < -0.4 is 5.32 Å². The number of rotatable bonds is 5. The van der Waals surface area contributed by atoms with E-state index in [1.54, 1.807) is 0 Å². The van der Waals surface area contributed by atoms with Crippen LogP contribution >= 0.6 is 0 Å². The van der Waals surface area contributed by atoms with Crippen molar-refractivity contribution in [3.63, 3.8) is 0 Å². The van der Waals surface area contributed by atoms with Crippen molar-refractivity contribution in [3.05, 3.63) is 24.0 Å². The fraction of sp³-hybridized carbons (Fsp3) is 0.706. The van der Waals surface area contributed by atoms with Crippen LogP contribution in [0.1, 0.15) is 55.6 Å². The van der Waals surface area contributed by atoms with Crippen LogP contribution in [0.3, 0.4) is 0 Å². The predicted molar refractivity (Wildman–Crippen MR) is 84.5 cm³/mol. The monoisotopic (exact) mass is 289 g/mol. The first-order valence-electron chi connectivity index (χ1n) is 8.46. The first-order chi connectivity index (χ1) is 10.3. The molecule has 4 heteroatoms. The van der Waals surface area contributed by atoms with Crippen molar-refractivity contribution in [1.82, 2.24) is 14.8 Å². The number of nitrogens with zero attached hydrogens (tertiary/aromatic N) is 2. The molecule has 1 aromatic rings. The van der Waals surface area contributed by atoms with E-state index in [4.69, 9.17) is 0 Å². The number of piperidine rings is 1. The lowest BCUT2D eigenvalue weighted by Crippen LogP contribution is -2.41. The second-order valence-electron chi connectivity index (χ2n) is 6.43. The van der Waals surface area contributed by atoms with Gasteiger partial charge in [0.15, 0.2) is 0 Å². The van der Waals surface area contributed by atoms with Crippen LogP contribution in [0.2, 0.25) is 0 Å². The van der Waals surface area contributed by atoms with Gasteiger partial charge in [0.25, 0.3) is 5.91 Å². The molecule has 4 nitrogen and oxygen atoms in total. The second-order valence-corrected chi connectivity index (χ2v) is 6.43. The van der Waals surface area contributed by atoms with Crippen LogP contribution in [-0.2, 0) is 0 Å². The summed E-state index contributed by atoms with van der Waals surface area (Å²) in [4.78, 5) is 14.8. The minimum Gasteiger partial charge on any atom is -0.340 e. The summed E-state index contributed by atoms with van der Waals surface area (Å²) in [6, 6.07) is 4.57. The summed E-state index contributed by atoms with van der Waals surface area (Å²) in [6.45, 7) is 6.09. The largest absolute Gasteiger partial charge is 0.340 e. The Hall–Kier alpha value is -1.29. The fourth-order valence-corrected chi connectivity index (χ4v) is 3.41. The molecule has 1 aliphatic heterocycles. The van der Waals surface area contributed by atoms with Gasteiger partial charge in [0.2, 0.25) is 0 Å². The molecule has 3 rings (SSSR count). The molecule has 1 saturated carbocycles. The van der Waals surface area contributed by atoms with Gasteiger partial charge in [-0.3, -0.25) is 4.79 Å². The van der Waals surface area contributed by atoms with Crippen LogP contribution in [-0.4, -0.2) is 41.6 Å². The van der Waals surface area contributed by atoms with Gasteiger partial charge in [-0.05, 0) is 63.2 Å². The van der Waals surface area contributed by atoms with Crippen molar-refractivity contribution in [2.75, 3.05) is 26.2 Å². The van der Waals surface area contributed by atoms with Gasteiger partial charge >= 0.3 is 0 Å². The summed E-state index contributed by atoms with van der Waals surface area (Å²) in [5, 5.41) is 3.42. The highest BCUT2D eigenvalue weighted by molar-refractivity contribution is 5.92. The minimum absolute atomic E-state index is 0.230. The summed E-state index contributed by atoms with van der Waals surface area (Å²) < 4.78 is 2.20. The number of likely N-dealkylation sites (tertiary alicyclic amines) is 1. The molecule has 21 heavy (non-hydrogen) atoms. The maximum absolute atomic E-state index is 12.7. The van der Waals surface area contributed by atoms with Crippen LogP contribution in [0.15, 0.2) is 18.3 Å². The third kappa shape index (κ3) is 3.15. The average molecular weight is 289 g/mol. The molecule has 2 aliphatic rings. The highest BCUT2D eigenvalue weighted by Gasteiger charge is 2.28. The van der Waals surface area contributed by atoms with Crippen LogP contribution in [0.25, 0.3) is 0 Å². The zero-order valence-electron chi connectivity index (χ0n) is 13.1. The van der Waals surface area contributed by atoms with Crippen molar-refractivity contribution in [2.45, 2.75) is 45.1 Å². The van der Waals surface area contributed by atoms with Crippen molar-refractivity contribution >= 4 is 5.91 Å².